The third-order valence-electron chi connectivity index (χ3n) is 8.04. The molecule has 240 valence electrons. The van der Waals surface area contributed by atoms with E-state index in [1.807, 2.05) is 85.8 Å². The number of benzene rings is 5. The van der Waals surface area contributed by atoms with Gasteiger partial charge in [0.05, 0.1) is 24.9 Å². The number of hydrogen-bond donors (Lipinski definition) is 0. The van der Waals surface area contributed by atoms with Gasteiger partial charge in [0.15, 0.2) is 11.6 Å². The number of aromatic nitrogens is 2. The van der Waals surface area contributed by atoms with E-state index >= 15 is 8.78 Å². The van der Waals surface area contributed by atoms with Gasteiger partial charge in [-0.15, -0.1) is 0 Å². The number of anilines is 3. The van der Waals surface area contributed by atoms with Crippen LogP contribution in [0.1, 0.15) is 45.1 Å². The summed E-state index contributed by atoms with van der Waals surface area (Å²) in [6.45, 7) is 7.53. The van der Waals surface area contributed by atoms with Gasteiger partial charge >= 0.3 is 0 Å². The molecule has 0 fully saturated rings. The van der Waals surface area contributed by atoms with E-state index in [1.165, 1.54) is 0 Å². The van der Waals surface area contributed by atoms with Crippen LogP contribution in [0.3, 0.4) is 0 Å². The summed E-state index contributed by atoms with van der Waals surface area (Å²) in [4.78, 5) is 2.10. The monoisotopic (exact) mass is 649 g/mol. The van der Waals surface area contributed by atoms with Crippen LogP contribution in [0.25, 0.3) is 33.3 Å². The molecule has 0 spiro atoms. The Morgan fingerprint density at radius 3 is 1.55 bits per heavy atom. The quantitative estimate of drug-likeness (QED) is 0.117. The highest BCUT2D eigenvalue weighted by Gasteiger charge is 2.25. The Labute approximate surface area is 278 Å². The first-order chi connectivity index (χ1) is 23.0. The first-order valence-electron chi connectivity index (χ1n) is 16.0. The number of aryl methyl sites for hydroxylation is 1. The minimum absolute atomic E-state index is 0.0999. The fourth-order valence-electron chi connectivity index (χ4n) is 5.55. The zero-order valence-electron chi connectivity index (χ0n) is 26.8. The van der Waals surface area contributed by atoms with Crippen LogP contribution in [0, 0.1) is 18.6 Å². The number of ether oxygens (including phenoxy) is 2. The predicted octanol–water partition coefficient (Wildman–Crippen LogP) is 11.4. The van der Waals surface area contributed by atoms with E-state index in [0.717, 1.165) is 71.5 Å². The van der Waals surface area contributed by atoms with E-state index in [-0.39, 0.29) is 11.1 Å². The van der Waals surface area contributed by atoms with E-state index in [2.05, 4.69) is 27.5 Å². The second-order valence-electron chi connectivity index (χ2n) is 11.5. The summed E-state index contributed by atoms with van der Waals surface area (Å²) in [5.41, 5.74) is 5.64. The topological polar surface area (TPSA) is 47.5 Å². The van der Waals surface area contributed by atoms with Gasteiger partial charge in [-0.25, -0.2) is 8.78 Å². The molecule has 0 aliphatic rings. The smallest absolute Gasteiger partial charge is 0.169 e. The van der Waals surface area contributed by atoms with E-state index in [4.69, 9.17) is 9.47 Å². The van der Waals surface area contributed by atoms with Crippen molar-refractivity contribution in [1.82, 2.24) is 8.75 Å². The first-order valence-corrected chi connectivity index (χ1v) is 16.8. The van der Waals surface area contributed by atoms with Crippen molar-refractivity contribution in [2.45, 2.75) is 46.5 Å². The standard InChI is InChI=1S/C39H37F2N3O2S/c1-4-6-23-45-32-19-15-30(16-20-32)44(31-17-21-33(22-18-31)46-24-7-5-2)29-13-11-27(12-14-29)34-36(40)37(41)35(39-38(34)42-47-43-39)28-10-8-9-26(3)25-28/h8-22,25H,4-7,23-24H2,1-3H3. The fourth-order valence-corrected chi connectivity index (χ4v) is 6.11. The highest BCUT2D eigenvalue weighted by atomic mass is 32.1. The number of nitrogens with zero attached hydrogens (tertiary/aromatic N) is 3. The summed E-state index contributed by atoms with van der Waals surface area (Å²) in [6.07, 6.45) is 4.13. The van der Waals surface area contributed by atoms with Gasteiger partial charge < -0.3 is 14.4 Å². The molecule has 0 saturated heterocycles. The highest BCUT2D eigenvalue weighted by molar-refractivity contribution is 7.00. The maximum absolute atomic E-state index is 16.0. The summed E-state index contributed by atoms with van der Waals surface area (Å²) in [6, 6.07) is 30.7. The van der Waals surface area contributed by atoms with Crippen molar-refractivity contribution in [3.05, 3.63) is 114 Å². The Balaban J connectivity index is 1.37. The van der Waals surface area contributed by atoms with E-state index in [9.17, 15) is 0 Å². The lowest BCUT2D eigenvalue weighted by Crippen LogP contribution is -2.10. The molecule has 0 saturated carbocycles. The maximum atomic E-state index is 16.0. The molecule has 6 aromatic rings. The molecule has 5 aromatic carbocycles. The molecule has 8 heteroatoms. The molecule has 0 atom stereocenters. The van der Waals surface area contributed by atoms with Gasteiger partial charge in [0.1, 0.15) is 22.5 Å². The van der Waals surface area contributed by atoms with Gasteiger partial charge in [-0.2, -0.15) is 8.75 Å². The number of fused-ring (bicyclic) bond motifs is 1. The highest BCUT2D eigenvalue weighted by Crippen LogP contribution is 2.41. The van der Waals surface area contributed by atoms with Crippen molar-refractivity contribution >= 4 is 39.8 Å². The molecule has 0 unspecified atom stereocenters. The molecule has 0 bridgehead atoms. The Morgan fingerprint density at radius 1 is 0.617 bits per heavy atom. The first kappa shape index (κ1) is 32.1. The second-order valence-corrected chi connectivity index (χ2v) is 12.0. The van der Waals surface area contributed by atoms with Crippen LogP contribution in [0.2, 0.25) is 0 Å². The van der Waals surface area contributed by atoms with Crippen LogP contribution >= 0.6 is 11.7 Å². The van der Waals surface area contributed by atoms with Gasteiger partial charge in [-0.1, -0.05) is 68.7 Å². The minimum Gasteiger partial charge on any atom is -0.494 e. The minimum atomic E-state index is -0.941. The van der Waals surface area contributed by atoms with Crippen LogP contribution in [0.4, 0.5) is 25.8 Å². The van der Waals surface area contributed by atoms with Crippen molar-refractivity contribution in [2.75, 3.05) is 18.1 Å². The molecule has 0 radical (unpaired) electrons. The summed E-state index contributed by atoms with van der Waals surface area (Å²) in [5, 5.41) is 0. The molecule has 1 heterocycles. The van der Waals surface area contributed by atoms with Gasteiger partial charge in [0, 0.05) is 28.2 Å². The van der Waals surface area contributed by atoms with Crippen LogP contribution in [0.15, 0.2) is 97.1 Å². The Kier molecular flexibility index (Phi) is 10.1. The van der Waals surface area contributed by atoms with Gasteiger partial charge in [0.2, 0.25) is 0 Å². The van der Waals surface area contributed by atoms with E-state index < -0.39 is 11.6 Å². The van der Waals surface area contributed by atoms with Crippen molar-refractivity contribution < 1.29 is 18.3 Å². The zero-order valence-corrected chi connectivity index (χ0v) is 27.6. The molecular formula is C39H37F2N3O2S. The second kappa shape index (κ2) is 14.7. The maximum Gasteiger partial charge on any atom is 0.169 e. The number of hydrogen-bond acceptors (Lipinski definition) is 6. The SMILES string of the molecule is CCCCOc1ccc(N(c2ccc(OCCCC)cc2)c2ccc(-c3c(F)c(F)c(-c4cccc(C)c4)c4nsnc34)cc2)cc1. The summed E-state index contributed by atoms with van der Waals surface area (Å²) in [7, 11) is 0. The van der Waals surface area contributed by atoms with Crippen LogP contribution in [-0.2, 0) is 0 Å². The average molecular weight is 650 g/mol. The van der Waals surface area contributed by atoms with Crippen molar-refractivity contribution in [3.63, 3.8) is 0 Å². The number of unbranched alkanes of at least 4 members (excludes halogenated alkanes) is 2. The lowest BCUT2D eigenvalue weighted by Gasteiger charge is -2.26. The molecule has 0 amide bonds. The Morgan fingerprint density at radius 2 is 1.09 bits per heavy atom. The molecule has 1 aromatic heterocycles. The van der Waals surface area contributed by atoms with Crippen LogP contribution in [-0.4, -0.2) is 22.0 Å². The summed E-state index contributed by atoms with van der Waals surface area (Å²) < 4.78 is 52.4. The van der Waals surface area contributed by atoms with Crippen molar-refractivity contribution in [2.24, 2.45) is 0 Å². The van der Waals surface area contributed by atoms with Crippen molar-refractivity contribution in [3.8, 4) is 33.8 Å². The van der Waals surface area contributed by atoms with Crippen molar-refractivity contribution in [1.29, 1.82) is 0 Å². The van der Waals surface area contributed by atoms with Crippen LogP contribution in [0.5, 0.6) is 11.5 Å². The summed E-state index contributed by atoms with van der Waals surface area (Å²) >= 11 is 0.947. The molecular weight excluding hydrogens is 613 g/mol. The van der Waals surface area contributed by atoms with E-state index in [0.29, 0.717) is 35.4 Å². The number of halogens is 2. The Bertz CT molecular complexity index is 1890. The number of rotatable bonds is 13. The molecule has 6 rings (SSSR count). The third kappa shape index (κ3) is 6.98. The lowest BCUT2D eigenvalue weighted by atomic mass is 9.95. The van der Waals surface area contributed by atoms with Gasteiger partial charge in [0.25, 0.3) is 0 Å². The predicted molar refractivity (Wildman–Crippen MR) is 188 cm³/mol. The van der Waals surface area contributed by atoms with Crippen LogP contribution < -0.4 is 14.4 Å². The molecule has 0 aliphatic heterocycles. The fraction of sp³-hybridized carbons (Fsp3) is 0.231. The molecule has 5 nitrogen and oxygen atoms in total. The summed E-state index contributed by atoms with van der Waals surface area (Å²) in [5.74, 6) is -0.253. The molecule has 0 aliphatic carbocycles. The molecule has 47 heavy (non-hydrogen) atoms. The average Bonchev–Trinajstić information content (AvgIpc) is 3.56. The van der Waals surface area contributed by atoms with Gasteiger partial charge in [-0.05, 0) is 91.6 Å². The van der Waals surface area contributed by atoms with Gasteiger partial charge in [-0.3, -0.25) is 0 Å². The Hall–Kier alpha value is -4.82. The lowest BCUT2D eigenvalue weighted by molar-refractivity contribution is 0.309. The molecule has 0 N–H and O–H groups in total. The normalized spacial score (nSPS) is 11.2. The largest absolute Gasteiger partial charge is 0.494 e. The third-order valence-corrected chi connectivity index (χ3v) is 8.57. The zero-order chi connectivity index (χ0) is 32.8. The van der Waals surface area contributed by atoms with E-state index in [1.54, 1.807) is 18.2 Å².